The predicted octanol–water partition coefficient (Wildman–Crippen LogP) is -1.53. The summed E-state index contributed by atoms with van der Waals surface area (Å²) in [7, 11) is 0. The lowest BCUT2D eigenvalue weighted by molar-refractivity contribution is -0.433. The predicted molar refractivity (Wildman–Crippen MR) is 336 cm³/mol. The second-order valence-corrected chi connectivity index (χ2v) is 26.2. The number of carbonyl (C=O) groups excluding carboxylic acids is 8. The van der Waals surface area contributed by atoms with E-state index in [1.165, 1.54) is 62.1 Å². The summed E-state index contributed by atoms with van der Waals surface area (Å²) >= 11 is 1.40. The first-order valence-electron chi connectivity index (χ1n) is 31.0. The third kappa shape index (κ3) is 17.2. The Balaban J connectivity index is 0.955. The van der Waals surface area contributed by atoms with Gasteiger partial charge >= 0.3 is 0 Å². The maximum Gasteiger partial charge on any atom is 0.261 e. The van der Waals surface area contributed by atoms with Gasteiger partial charge < -0.3 is 86.9 Å². The quantitative estimate of drug-likeness (QED) is 0.0247. The summed E-state index contributed by atoms with van der Waals surface area (Å²) in [6.45, 7) is 7.17. The Bertz CT molecular complexity index is 3340. The number of phenolic OH excluding ortho intramolecular Hbond substituents is 1. The molecule has 5 aliphatic rings. The molecule has 3 aromatic carbocycles. The van der Waals surface area contributed by atoms with Gasteiger partial charge in [-0.05, 0) is 92.6 Å². The summed E-state index contributed by atoms with van der Waals surface area (Å²) in [5.41, 5.74) is 8.13. The van der Waals surface area contributed by atoms with Crippen LogP contribution < -0.4 is 41.4 Å². The highest BCUT2D eigenvalue weighted by Gasteiger charge is 2.50. The van der Waals surface area contributed by atoms with E-state index in [4.69, 9.17) is 15.2 Å². The Kier molecular flexibility index (Phi) is 23.8. The first-order valence-corrected chi connectivity index (χ1v) is 32.5. The van der Waals surface area contributed by atoms with Crippen molar-refractivity contribution in [1.82, 2.24) is 51.5 Å². The highest BCUT2D eigenvalue weighted by Crippen LogP contribution is 2.35. The first kappa shape index (κ1) is 70.6. The van der Waals surface area contributed by atoms with E-state index in [9.17, 15) is 74.1 Å². The fourth-order valence-electron chi connectivity index (χ4n) is 12.6. The van der Waals surface area contributed by atoms with Crippen LogP contribution in [-0.4, -0.2) is 238 Å². The molecule has 94 heavy (non-hydrogen) atoms. The van der Waals surface area contributed by atoms with Crippen molar-refractivity contribution in [2.45, 2.75) is 151 Å². The number of fused-ring (bicyclic) bond motifs is 2. The molecule has 510 valence electrons. The van der Waals surface area contributed by atoms with Gasteiger partial charge in [0, 0.05) is 99.4 Å². The third-order valence-corrected chi connectivity index (χ3v) is 19.3. The summed E-state index contributed by atoms with van der Waals surface area (Å²) < 4.78 is 9.32. The molecule has 31 nitrogen and oxygen atoms in total. The molecule has 1 aliphatic carbocycles. The van der Waals surface area contributed by atoms with Gasteiger partial charge in [-0.15, -0.1) is 10.2 Å². The maximum atomic E-state index is 14.7. The van der Waals surface area contributed by atoms with Crippen molar-refractivity contribution in [3.63, 3.8) is 0 Å². The molecular weight excluding hydrogens is 1270 g/mol. The molecule has 13 atom stereocenters. The molecule has 4 saturated heterocycles. The van der Waals surface area contributed by atoms with E-state index in [1.807, 2.05) is 12.1 Å². The molecule has 33 heteroatoms. The minimum Gasteiger partial charge on any atom is -0.504 e. The summed E-state index contributed by atoms with van der Waals surface area (Å²) in [6.07, 6.45) is -8.49. The Morgan fingerprint density at radius 2 is 1.37 bits per heavy atom. The number of piperazine rings is 1. The van der Waals surface area contributed by atoms with Crippen LogP contribution in [0.25, 0.3) is 21.1 Å². The number of hydrogen-bond donors (Lipinski definition) is 14. The topological polar surface area (TPSA) is 451 Å². The number of rotatable bonds is 17. The normalized spacial score (nSPS) is 28.2. The molecule has 0 spiro atoms. The minimum absolute atomic E-state index is 0.0184. The number of nitrogens with two attached hydrogens (primary N) is 1. The van der Waals surface area contributed by atoms with Crippen molar-refractivity contribution in [2.75, 3.05) is 50.7 Å². The molecule has 13 unspecified atom stereocenters. The maximum absolute atomic E-state index is 14.7. The minimum atomic E-state index is -2.22. The molecule has 9 rings (SSSR count). The average molecular weight is 1350 g/mol. The highest BCUT2D eigenvalue weighted by molar-refractivity contribution is 7.90. The molecular formula is C61H80N12O19S2. The number of β-amino-alcohol motifs (C(OH)–C–C–N with tert-alkyl or cyclic N) is 1. The van der Waals surface area contributed by atoms with Crippen LogP contribution in [0.2, 0.25) is 0 Å². The lowest BCUT2D eigenvalue weighted by Crippen LogP contribution is -2.64. The van der Waals surface area contributed by atoms with Gasteiger partial charge in [0.05, 0.1) is 43.0 Å². The van der Waals surface area contributed by atoms with Gasteiger partial charge in [-0.2, -0.15) is 0 Å². The molecule has 5 fully saturated rings. The standard InChI is InChI=1S/C61H80N12O19S2/c1-30-4-13-37(14-5-30)70-18-20-71(21-19-70)38-15-11-36(12-16-38)59-69-68-58(93-59)35-9-7-34(8-10-35)53(82)64-41-24-39(75)27-63-57(86)51-52(81)31(2)28-73(51)61(88)50(45(79)26-47(62)80)67-56(85)49(44(78)22-33-6-17-43(77)46(23-33)90-94-92-91-89)66-55(84)42-25-40(76)29-72(42)60(87)48(32(3)74)65-54(41)83/h6-12,15-17,23,30-32,37,39-42,44-45,48-52,74-79,81,89H,4-5,13-14,18-22,24-29H2,1-3H3,(H2,62,80)(H,63,86)(H,64,82)(H,65,83)(H,66,84)(H,67,85). The number of aliphatic hydroxyl groups is 6. The van der Waals surface area contributed by atoms with Crippen LogP contribution in [0.3, 0.4) is 0 Å². The zero-order valence-corrected chi connectivity index (χ0v) is 53.4. The number of carbonyl (C=O) groups is 8. The SMILES string of the molecule is CC1CCC(N2CCN(c3ccc(-c4nnc(-c5ccc(C(=O)NC6CC(O)CNC(=O)C7C(O)C(C)CN7C(=O)C(C(O)CC(N)=O)NC(=O)C(C(O)Cc7ccc(O)c(OSOOO)c7)NC(=O)C7CC(O)CN7C(=O)C(C(C)O)NC6=O)cc5)s4)cc3)CC2)CC1. The molecule has 1 aromatic heterocycles. The van der Waals surface area contributed by atoms with Gasteiger partial charge in [-0.1, -0.05) is 52.8 Å². The molecule has 1 saturated carbocycles. The molecule has 4 aromatic rings. The smallest absolute Gasteiger partial charge is 0.261 e. The van der Waals surface area contributed by atoms with E-state index in [0.29, 0.717) is 21.6 Å². The van der Waals surface area contributed by atoms with Crippen LogP contribution in [0.4, 0.5) is 5.69 Å². The number of nitrogens with zero attached hydrogens (tertiary/aromatic N) is 6. The van der Waals surface area contributed by atoms with Gasteiger partial charge in [0.2, 0.25) is 41.4 Å². The van der Waals surface area contributed by atoms with E-state index in [0.717, 1.165) is 72.2 Å². The number of aromatic nitrogens is 2. The van der Waals surface area contributed by atoms with Crippen molar-refractivity contribution in [2.24, 2.45) is 17.6 Å². The lowest BCUT2D eigenvalue weighted by atomic mass is 9.86. The Labute approximate surface area is 548 Å². The van der Waals surface area contributed by atoms with Crippen molar-refractivity contribution in [3.05, 3.63) is 77.9 Å². The van der Waals surface area contributed by atoms with Crippen LogP contribution in [0.15, 0.2) is 66.7 Å². The summed E-state index contributed by atoms with van der Waals surface area (Å²) in [6, 6.07) is 6.87. The average Bonchev–Trinajstić information content (AvgIpc) is 1.62. The number of hydrogen-bond acceptors (Lipinski definition) is 25. The second kappa shape index (κ2) is 31.7. The second-order valence-electron chi connectivity index (χ2n) is 24.7. The lowest BCUT2D eigenvalue weighted by Gasteiger charge is -2.42. The molecule has 0 radical (unpaired) electrons. The van der Waals surface area contributed by atoms with Gasteiger partial charge in [0.1, 0.15) is 46.3 Å². The van der Waals surface area contributed by atoms with Crippen LogP contribution in [0, 0.1) is 11.8 Å². The molecule has 5 heterocycles. The number of benzene rings is 3. The summed E-state index contributed by atoms with van der Waals surface area (Å²) in [4.78, 5) is 120. The van der Waals surface area contributed by atoms with Gasteiger partial charge in [-0.25, -0.2) is 5.26 Å². The van der Waals surface area contributed by atoms with E-state index >= 15 is 0 Å². The molecule has 15 N–H and O–H groups in total. The van der Waals surface area contributed by atoms with Crippen LogP contribution in [0.5, 0.6) is 11.5 Å². The van der Waals surface area contributed by atoms with Crippen LogP contribution >= 0.6 is 23.7 Å². The number of primary amides is 1. The number of aromatic hydroxyl groups is 1. The van der Waals surface area contributed by atoms with E-state index in [-0.39, 0.29) is 29.2 Å². The van der Waals surface area contributed by atoms with Gasteiger partial charge in [-0.3, -0.25) is 43.3 Å². The Hall–Kier alpha value is -7.67. The number of nitrogens with one attached hydrogen (secondary N) is 5. The fraction of sp³-hybridized carbons (Fsp3) is 0.541. The zero-order chi connectivity index (χ0) is 67.7. The number of anilines is 1. The van der Waals surface area contributed by atoms with Crippen molar-refractivity contribution in [1.29, 1.82) is 0 Å². The van der Waals surface area contributed by atoms with E-state index in [2.05, 4.69) is 75.0 Å². The molecule has 4 aliphatic heterocycles. The molecule has 0 bridgehead atoms. The fourth-order valence-corrected chi connectivity index (χ4v) is 13.8. The van der Waals surface area contributed by atoms with Crippen molar-refractivity contribution >= 4 is 76.6 Å². The van der Waals surface area contributed by atoms with Gasteiger partial charge in [0.15, 0.2) is 11.5 Å². The van der Waals surface area contributed by atoms with Crippen LogP contribution in [-0.2, 0) is 49.4 Å². The van der Waals surface area contributed by atoms with E-state index < -0.39 is 177 Å². The first-order chi connectivity index (χ1) is 44.9. The van der Waals surface area contributed by atoms with Crippen molar-refractivity contribution in [3.8, 4) is 32.6 Å². The Morgan fingerprint density at radius 1 is 0.745 bits per heavy atom. The number of amides is 8. The summed E-state index contributed by atoms with van der Waals surface area (Å²) in [5.74, 6) is -10.2. The van der Waals surface area contributed by atoms with E-state index in [1.54, 1.807) is 12.1 Å². The Morgan fingerprint density at radius 3 is 2.01 bits per heavy atom. The summed E-state index contributed by atoms with van der Waals surface area (Å²) in [5, 5.41) is 113. The highest BCUT2D eigenvalue weighted by atomic mass is 32.2. The molecule has 8 amide bonds. The third-order valence-electron chi connectivity index (χ3n) is 17.9. The number of aliphatic hydroxyl groups excluding tert-OH is 6. The number of phenols is 1. The van der Waals surface area contributed by atoms with Crippen molar-refractivity contribution < 1.29 is 92.9 Å². The monoisotopic (exact) mass is 1350 g/mol. The zero-order valence-electron chi connectivity index (χ0n) is 51.8. The van der Waals surface area contributed by atoms with Crippen LogP contribution in [0.1, 0.15) is 81.6 Å². The van der Waals surface area contributed by atoms with Gasteiger partial charge in [0.25, 0.3) is 18.2 Å². The largest absolute Gasteiger partial charge is 0.504 e.